The van der Waals surface area contributed by atoms with Gasteiger partial charge in [0.1, 0.15) is 11.5 Å². The lowest BCUT2D eigenvalue weighted by Gasteiger charge is -2.25. The molecule has 142 valence electrons. The number of hydrogen-bond donors (Lipinski definition) is 0. The SMILES string of the molecule is C=N/C=C\N=C1C=CC(c2c(-c3cccc(C)n3)nc3n2[C@H](C)CCC3)=CC1. The first-order chi connectivity index (χ1) is 13.7. The summed E-state index contributed by atoms with van der Waals surface area (Å²) < 4.78 is 2.42. The highest BCUT2D eigenvalue weighted by atomic mass is 15.1. The standard InChI is InChI=1S/C23H25N5/c1-16-6-4-8-20(26-16)22-23(28-17(2)7-5-9-21(28)27-22)18-10-12-19(13-11-18)25-15-14-24-3/h4,6,8,10-12,14-15,17H,3,5,7,9,13H2,1-2H3/b15-14-,25-19?/t17-/m1/s1. The number of rotatable bonds is 4. The molecule has 3 heterocycles. The Morgan fingerprint density at radius 2 is 2.11 bits per heavy atom. The third-order valence-corrected chi connectivity index (χ3v) is 5.25. The zero-order valence-electron chi connectivity index (χ0n) is 16.5. The summed E-state index contributed by atoms with van der Waals surface area (Å²) in [5, 5.41) is 0. The summed E-state index contributed by atoms with van der Waals surface area (Å²) >= 11 is 0. The summed E-state index contributed by atoms with van der Waals surface area (Å²) in [6, 6.07) is 6.58. The summed E-state index contributed by atoms with van der Waals surface area (Å²) in [6.07, 6.45) is 13.9. The second-order valence-corrected chi connectivity index (χ2v) is 7.30. The highest BCUT2D eigenvalue weighted by Crippen LogP contribution is 2.37. The number of aliphatic imine (C=N–C) groups is 2. The van der Waals surface area contributed by atoms with Gasteiger partial charge in [-0.05, 0) is 57.2 Å². The first-order valence-electron chi connectivity index (χ1n) is 9.78. The molecule has 0 aromatic carbocycles. The highest BCUT2D eigenvalue weighted by molar-refractivity contribution is 6.02. The largest absolute Gasteiger partial charge is 0.325 e. The van der Waals surface area contributed by atoms with Gasteiger partial charge in [0.15, 0.2) is 0 Å². The second-order valence-electron chi connectivity index (χ2n) is 7.30. The van der Waals surface area contributed by atoms with E-state index < -0.39 is 0 Å². The maximum Gasteiger partial charge on any atom is 0.115 e. The average molecular weight is 371 g/mol. The van der Waals surface area contributed by atoms with E-state index in [0.717, 1.165) is 35.6 Å². The fraction of sp³-hybridized carbons (Fsp3) is 0.304. The molecular formula is C23H25N5. The molecule has 1 aliphatic heterocycles. The van der Waals surface area contributed by atoms with Crippen LogP contribution >= 0.6 is 0 Å². The van der Waals surface area contributed by atoms with Crippen molar-refractivity contribution in [1.82, 2.24) is 14.5 Å². The van der Waals surface area contributed by atoms with Crippen molar-refractivity contribution in [2.45, 2.75) is 45.6 Å². The van der Waals surface area contributed by atoms with E-state index in [0.29, 0.717) is 6.04 Å². The maximum absolute atomic E-state index is 5.03. The molecule has 2 aromatic heterocycles. The third kappa shape index (κ3) is 3.52. The van der Waals surface area contributed by atoms with Crippen LogP contribution in [0.25, 0.3) is 17.0 Å². The Bertz CT molecular complexity index is 1020. The minimum Gasteiger partial charge on any atom is -0.325 e. The van der Waals surface area contributed by atoms with E-state index in [1.165, 1.54) is 29.9 Å². The zero-order chi connectivity index (χ0) is 19.5. The first-order valence-corrected chi connectivity index (χ1v) is 9.78. The molecule has 0 spiro atoms. The number of aryl methyl sites for hydroxylation is 2. The van der Waals surface area contributed by atoms with E-state index in [1.807, 2.05) is 13.0 Å². The molecule has 5 nitrogen and oxygen atoms in total. The van der Waals surface area contributed by atoms with Crippen molar-refractivity contribution in [2.75, 3.05) is 0 Å². The molecule has 2 aromatic rings. The molecule has 1 aliphatic carbocycles. The summed E-state index contributed by atoms with van der Waals surface area (Å²) in [5.74, 6) is 1.17. The molecule has 0 saturated carbocycles. The monoisotopic (exact) mass is 371 g/mol. The molecule has 5 heteroatoms. The molecule has 0 fully saturated rings. The molecule has 4 rings (SSSR count). The Labute approximate surface area is 166 Å². The fourth-order valence-corrected chi connectivity index (χ4v) is 3.93. The zero-order valence-corrected chi connectivity index (χ0v) is 16.5. The van der Waals surface area contributed by atoms with Crippen molar-refractivity contribution in [3.8, 4) is 11.4 Å². The minimum absolute atomic E-state index is 0.441. The number of allylic oxidation sites excluding steroid dienone is 4. The lowest BCUT2D eigenvalue weighted by Crippen LogP contribution is -2.17. The molecular weight excluding hydrogens is 346 g/mol. The van der Waals surface area contributed by atoms with E-state index in [9.17, 15) is 0 Å². The summed E-state index contributed by atoms with van der Waals surface area (Å²) in [4.78, 5) is 17.9. The number of nitrogens with zero attached hydrogens (tertiary/aromatic N) is 5. The van der Waals surface area contributed by atoms with Crippen molar-refractivity contribution in [3.63, 3.8) is 0 Å². The molecule has 0 radical (unpaired) electrons. The topological polar surface area (TPSA) is 55.4 Å². The van der Waals surface area contributed by atoms with Crippen molar-refractivity contribution in [3.05, 3.63) is 66.0 Å². The van der Waals surface area contributed by atoms with Crippen LogP contribution in [0.2, 0.25) is 0 Å². The maximum atomic E-state index is 5.03. The van der Waals surface area contributed by atoms with Crippen LogP contribution in [0.4, 0.5) is 0 Å². The normalized spacial score (nSPS) is 20.4. The Morgan fingerprint density at radius 1 is 1.21 bits per heavy atom. The van der Waals surface area contributed by atoms with Crippen LogP contribution in [0.5, 0.6) is 0 Å². The predicted molar refractivity (Wildman–Crippen MR) is 116 cm³/mol. The Kier molecular flexibility index (Phi) is 5.15. The number of pyridine rings is 1. The smallest absolute Gasteiger partial charge is 0.115 e. The highest BCUT2D eigenvalue weighted by Gasteiger charge is 2.27. The van der Waals surface area contributed by atoms with Crippen molar-refractivity contribution in [2.24, 2.45) is 9.98 Å². The molecule has 2 aliphatic rings. The number of imidazole rings is 1. The van der Waals surface area contributed by atoms with Crippen LogP contribution in [0.1, 0.15) is 49.4 Å². The van der Waals surface area contributed by atoms with Crippen LogP contribution in [0, 0.1) is 6.92 Å². The van der Waals surface area contributed by atoms with Gasteiger partial charge in [0.05, 0.1) is 11.4 Å². The van der Waals surface area contributed by atoms with Gasteiger partial charge in [-0.25, -0.2) is 4.98 Å². The van der Waals surface area contributed by atoms with Crippen molar-refractivity contribution < 1.29 is 0 Å². The van der Waals surface area contributed by atoms with Crippen LogP contribution in [-0.2, 0) is 6.42 Å². The first kappa shape index (κ1) is 18.3. The quantitative estimate of drug-likeness (QED) is 0.702. The number of aromatic nitrogens is 3. The molecule has 0 unspecified atom stereocenters. The van der Waals surface area contributed by atoms with Gasteiger partial charge in [-0.2, -0.15) is 0 Å². The Morgan fingerprint density at radius 3 is 2.86 bits per heavy atom. The minimum atomic E-state index is 0.441. The van der Waals surface area contributed by atoms with Crippen LogP contribution < -0.4 is 0 Å². The van der Waals surface area contributed by atoms with Crippen LogP contribution in [-0.4, -0.2) is 27.0 Å². The van der Waals surface area contributed by atoms with Gasteiger partial charge in [0.2, 0.25) is 0 Å². The molecule has 1 atom stereocenters. The average Bonchev–Trinajstić information content (AvgIpc) is 3.10. The van der Waals surface area contributed by atoms with Crippen molar-refractivity contribution >= 4 is 18.0 Å². The van der Waals surface area contributed by atoms with Gasteiger partial charge in [0.25, 0.3) is 0 Å². The Balaban J connectivity index is 1.79. The lowest BCUT2D eigenvalue weighted by atomic mass is 9.98. The van der Waals surface area contributed by atoms with E-state index in [4.69, 9.17) is 9.97 Å². The number of hydrogen-bond acceptors (Lipinski definition) is 4. The van der Waals surface area contributed by atoms with E-state index in [-0.39, 0.29) is 0 Å². The van der Waals surface area contributed by atoms with E-state index in [1.54, 1.807) is 12.4 Å². The van der Waals surface area contributed by atoms with E-state index >= 15 is 0 Å². The van der Waals surface area contributed by atoms with Crippen LogP contribution in [0.3, 0.4) is 0 Å². The summed E-state index contributed by atoms with van der Waals surface area (Å²) in [7, 11) is 0. The molecule has 28 heavy (non-hydrogen) atoms. The molecule has 0 saturated heterocycles. The molecule has 0 N–H and O–H groups in total. The Hall–Kier alpha value is -3.08. The fourth-order valence-electron chi connectivity index (χ4n) is 3.93. The molecule has 0 amide bonds. The van der Waals surface area contributed by atoms with E-state index in [2.05, 4.69) is 58.6 Å². The van der Waals surface area contributed by atoms with Gasteiger partial charge < -0.3 is 4.57 Å². The molecule has 0 bridgehead atoms. The van der Waals surface area contributed by atoms with Gasteiger partial charge in [-0.15, -0.1) is 0 Å². The van der Waals surface area contributed by atoms with Gasteiger partial charge in [0, 0.05) is 42.7 Å². The van der Waals surface area contributed by atoms with Gasteiger partial charge >= 0.3 is 0 Å². The van der Waals surface area contributed by atoms with Crippen LogP contribution in [0.15, 0.2) is 58.8 Å². The third-order valence-electron chi connectivity index (χ3n) is 5.25. The lowest BCUT2D eigenvalue weighted by molar-refractivity contribution is 0.423. The second kappa shape index (κ2) is 7.89. The summed E-state index contributed by atoms with van der Waals surface area (Å²) in [6.45, 7) is 7.74. The van der Waals surface area contributed by atoms with Gasteiger partial charge in [-0.3, -0.25) is 15.0 Å². The van der Waals surface area contributed by atoms with Gasteiger partial charge in [-0.1, -0.05) is 18.2 Å². The summed E-state index contributed by atoms with van der Waals surface area (Å²) in [5.41, 5.74) is 6.31. The predicted octanol–water partition coefficient (Wildman–Crippen LogP) is 5.11. The number of fused-ring (bicyclic) bond motifs is 1. The van der Waals surface area contributed by atoms with Crippen molar-refractivity contribution in [1.29, 1.82) is 0 Å².